The highest BCUT2D eigenvalue weighted by atomic mass is 14.2. The highest BCUT2D eigenvalue weighted by molar-refractivity contribution is 6.87. The van der Waals surface area contributed by atoms with Gasteiger partial charge in [-0.25, -0.2) is 0 Å². The average molecular weight is 176 g/mol. The predicted molar refractivity (Wildman–Crippen MR) is 61.1 cm³/mol. The number of hydrogen-bond acceptors (Lipinski definition) is 0. The summed E-state index contributed by atoms with van der Waals surface area (Å²) in [4.78, 5) is 0. The Balaban J connectivity index is 2.08. The third kappa shape index (κ3) is 0.712. The molecule has 1 heteroatoms. The second kappa shape index (κ2) is 2.11. The summed E-state index contributed by atoms with van der Waals surface area (Å²) in [5, 5.41) is 0. The van der Waals surface area contributed by atoms with Gasteiger partial charge in [-0.15, -0.1) is 0 Å². The van der Waals surface area contributed by atoms with Crippen LogP contribution in [0.3, 0.4) is 0 Å². The lowest BCUT2D eigenvalue weighted by Gasteiger charge is -1.98. The molecule has 0 unspecified atom stereocenters. The van der Waals surface area contributed by atoms with Crippen LogP contribution in [0.25, 0.3) is 11.1 Å². The van der Waals surface area contributed by atoms with Crippen molar-refractivity contribution in [3.05, 3.63) is 47.5 Å². The predicted octanol–water partition coefficient (Wildman–Crippen LogP) is 0.959. The Hall–Kier alpha value is -1.50. The van der Waals surface area contributed by atoms with Gasteiger partial charge in [0.2, 0.25) is 0 Å². The maximum Gasteiger partial charge on any atom is 0.191 e. The van der Waals surface area contributed by atoms with Crippen molar-refractivity contribution in [3.63, 3.8) is 0 Å². The number of fused-ring (bicyclic) bond motifs is 5. The Morgan fingerprint density at radius 2 is 1.86 bits per heavy atom. The molecule has 14 heavy (non-hydrogen) atoms. The Labute approximate surface area is 83.8 Å². The van der Waals surface area contributed by atoms with E-state index < -0.39 is 0 Å². The molecule has 2 aromatic carbocycles. The normalized spacial score (nSPS) is 14.0. The zero-order valence-electron chi connectivity index (χ0n) is 7.88. The van der Waals surface area contributed by atoms with Gasteiger partial charge >= 0.3 is 0 Å². The summed E-state index contributed by atoms with van der Waals surface area (Å²) in [7, 11) is 1.24. The first-order valence-corrected chi connectivity index (χ1v) is 5.15. The quantitative estimate of drug-likeness (QED) is 0.350. The van der Waals surface area contributed by atoms with E-state index >= 15 is 0 Å². The van der Waals surface area contributed by atoms with Gasteiger partial charge in [0.25, 0.3) is 0 Å². The van der Waals surface area contributed by atoms with Crippen molar-refractivity contribution in [1.82, 2.24) is 0 Å². The van der Waals surface area contributed by atoms with Crippen LogP contribution in [0.4, 0.5) is 0 Å². The maximum absolute atomic E-state index is 2.30. The lowest BCUT2D eigenvalue weighted by molar-refractivity contribution is 1.28. The molecular formula is C13H9B. The van der Waals surface area contributed by atoms with Crippen molar-refractivity contribution in [2.75, 3.05) is 0 Å². The van der Waals surface area contributed by atoms with E-state index in [0.717, 1.165) is 6.42 Å². The maximum atomic E-state index is 2.30. The molecule has 0 nitrogen and oxygen atoms in total. The molecule has 2 aliphatic rings. The monoisotopic (exact) mass is 176 g/mol. The first kappa shape index (κ1) is 6.89. The van der Waals surface area contributed by atoms with Crippen molar-refractivity contribution in [2.24, 2.45) is 0 Å². The molecule has 0 aromatic heterocycles. The SMILES string of the molecule is B1c2ccc3c(c21)Cc1ccccc1-3. The summed E-state index contributed by atoms with van der Waals surface area (Å²) >= 11 is 0. The van der Waals surface area contributed by atoms with Crippen LogP contribution in [0.15, 0.2) is 36.4 Å². The number of benzene rings is 2. The van der Waals surface area contributed by atoms with Crippen molar-refractivity contribution >= 4 is 18.2 Å². The van der Waals surface area contributed by atoms with Crippen LogP contribution in [0.2, 0.25) is 0 Å². The van der Waals surface area contributed by atoms with Gasteiger partial charge in [-0.1, -0.05) is 47.3 Å². The summed E-state index contributed by atoms with van der Waals surface area (Å²) in [5.74, 6) is 0. The zero-order valence-corrected chi connectivity index (χ0v) is 7.88. The first-order valence-electron chi connectivity index (χ1n) is 5.15. The second-order valence-electron chi connectivity index (χ2n) is 4.24. The van der Waals surface area contributed by atoms with Gasteiger partial charge in [-0.2, -0.15) is 0 Å². The van der Waals surface area contributed by atoms with Crippen LogP contribution in [0.1, 0.15) is 11.1 Å². The van der Waals surface area contributed by atoms with Gasteiger partial charge in [0.05, 0.1) is 0 Å². The second-order valence-corrected chi connectivity index (χ2v) is 4.24. The van der Waals surface area contributed by atoms with Crippen LogP contribution < -0.4 is 10.9 Å². The molecule has 4 rings (SSSR count). The zero-order chi connectivity index (χ0) is 9.12. The van der Waals surface area contributed by atoms with Gasteiger partial charge in [0.15, 0.2) is 7.28 Å². The molecule has 0 N–H and O–H groups in total. The van der Waals surface area contributed by atoms with Gasteiger partial charge in [-0.3, -0.25) is 0 Å². The molecule has 0 saturated carbocycles. The molecule has 1 aliphatic carbocycles. The van der Waals surface area contributed by atoms with Crippen LogP contribution in [-0.2, 0) is 6.42 Å². The fourth-order valence-corrected chi connectivity index (χ4v) is 2.64. The number of rotatable bonds is 0. The van der Waals surface area contributed by atoms with Crippen LogP contribution in [-0.4, -0.2) is 7.28 Å². The smallest absolute Gasteiger partial charge is 0.0836 e. The standard InChI is InChI=1S/C13H9B/c1-2-4-9-8(3-1)7-11-10(9)5-6-12-13(11)14-12/h1-6,14H,7H2. The summed E-state index contributed by atoms with van der Waals surface area (Å²) in [6.07, 6.45) is 1.16. The van der Waals surface area contributed by atoms with Gasteiger partial charge < -0.3 is 0 Å². The summed E-state index contributed by atoms with van der Waals surface area (Å²) < 4.78 is 0. The van der Waals surface area contributed by atoms with Gasteiger partial charge in [0.1, 0.15) is 0 Å². The van der Waals surface area contributed by atoms with E-state index in [1.54, 1.807) is 16.5 Å². The number of hydrogen-bond donors (Lipinski definition) is 0. The van der Waals surface area contributed by atoms with Gasteiger partial charge in [-0.05, 0) is 28.7 Å². The van der Waals surface area contributed by atoms with E-state index in [9.17, 15) is 0 Å². The minimum Gasteiger partial charge on any atom is -0.0836 e. The molecule has 0 bridgehead atoms. The Morgan fingerprint density at radius 3 is 2.86 bits per heavy atom. The van der Waals surface area contributed by atoms with E-state index in [1.165, 1.54) is 24.0 Å². The van der Waals surface area contributed by atoms with Crippen LogP contribution in [0.5, 0.6) is 0 Å². The van der Waals surface area contributed by atoms with Crippen molar-refractivity contribution in [3.8, 4) is 11.1 Å². The Morgan fingerprint density at radius 1 is 0.929 bits per heavy atom. The van der Waals surface area contributed by atoms with E-state index in [4.69, 9.17) is 0 Å². The first-order chi connectivity index (χ1) is 6.93. The largest absolute Gasteiger partial charge is 0.191 e. The van der Waals surface area contributed by atoms with Crippen LogP contribution in [0, 0.1) is 0 Å². The fourth-order valence-electron chi connectivity index (χ4n) is 2.64. The molecule has 64 valence electrons. The molecular weight excluding hydrogens is 167 g/mol. The van der Waals surface area contributed by atoms with Crippen molar-refractivity contribution in [2.45, 2.75) is 6.42 Å². The summed E-state index contributed by atoms with van der Waals surface area (Å²) in [6.45, 7) is 0. The summed E-state index contributed by atoms with van der Waals surface area (Å²) in [6, 6.07) is 13.4. The minimum absolute atomic E-state index is 1.16. The molecule has 2 aromatic rings. The Kier molecular flexibility index (Phi) is 1.04. The van der Waals surface area contributed by atoms with E-state index in [1.807, 2.05) is 0 Å². The molecule has 0 fully saturated rings. The summed E-state index contributed by atoms with van der Waals surface area (Å²) in [5.41, 5.74) is 9.23. The van der Waals surface area contributed by atoms with Crippen molar-refractivity contribution < 1.29 is 0 Å². The van der Waals surface area contributed by atoms with Gasteiger partial charge in [0, 0.05) is 0 Å². The van der Waals surface area contributed by atoms with Crippen LogP contribution >= 0.6 is 0 Å². The van der Waals surface area contributed by atoms with Crippen molar-refractivity contribution in [1.29, 1.82) is 0 Å². The average Bonchev–Trinajstić information content (AvgIpc) is 2.92. The molecule has 0 amide bonds. The van der Waals surface area contributed by atoms with E-state index in [0.29, 0.717) is 0 Å². The fraction of sp³-hybridized carbons (Fsp3) is 0.0769. The minimum atomic E-state index is 1.16. The van der Waals surface area contributed by atoms with E-state index in [-0.39, 0.29) is 0 Å². The highest BCUT2D eigenvalue weighted by Gasteiger charge is 2.29. The van der Waals surface area contributed by atoms with E-state index in [2.05, 4.69) is 36.4 Å². The molecule has 1 aliphatic heterocycles. The molecule has 1 heterocycles. The molecule has 0 saturated heterocycles. The third-order valence-electron chi connectivity index (χ3n) is 3.45. The highest BCUT2D eigenvalue weighted by Crippen LogP contribution is 2.35. The molecule has 0 radical (unpaired) electrons. The lowest BCUT2D eigenvalue weighted by atomic mass is 9.96. The molecule has 0 spiro atoms. The lowest BCUT2D eigenvalue weighted by Crippen LogP contribution is -1.97. The Bertz CT molecular complexity index is 555. The molecule has 0 atom stereocenters. The topological polar surface area (TPSA) is 0 Å². The third-order valence-corrected chi connectivity index (χ3v) is 3.45.